The standard InChI is InChI=1S/C15H18F2O2/c1-10-8-12(14(17)9-13(10)16)15(18)6-2-4-11-5-3-7-19-11/h8-9,11H,2-7H2,1H3. The predicted octanol–water partition coefficient (Wildman–Crippen LogP) is 3.81. The Kier molecular flexibility index (Phi) is 4.64. The van der Waals surface area contributed by atoms with Gasteiger partial charge in [-0.1, -0.05) is 0 Å². The summed E-state index contributed by atoms with van der Waals surface area (Å²) in [4.78, 5) is 11.9. The zero-order valence-corrected chi connectivity index (χ0v) is 11.0. The molecular weight excluding hydrogens is 250 g/mol. The van der Waals surface area contributed by atoms with E-state index in [0.29, 0.717) is 12.0 Å². The molecule has 0 spiro atoms. The van der Waals surface area contributed by atoms with E-state index in [2.05, 4.69) is 0 Å². The van der Waals surface area contributed by atoms with Gasteiger partial charge in [-0.15, -0.1) is 0 Å². The van der Waals surface area contributed by atoms with Crippen LogP contribution in [0.3, 0.4) is 0 Å². The molecule has 1 aliphatic heterocycles. The number of halogens is 2. The monoisotopic (exact) mass is 268 g/mol. The minimum atomic E-state index is -0.773. The maximum atomic E-state index is 13.5. The summed E-state index contributed by atoms with van der Waals surface area (Å²) in [6.07, 6.45) is 4.14. The van der Waals surface area contributed by atoms with Gasteiger partial charge in [-0.2, -0.15) is 0 Å². The van der Waals surface area contributed by atoms with Crippen LogP contribution in [0.4, 0.5) is 8.78 Å². The smallest absolute Gasteiger partial charge is 0.165 e. The summed E-state index contributed by atoms with van der Waals surface area (Å²) in [5.74, 6) is -1.66. The zero-order valence-electron chi connectivity index (χ0n) is 11.0. The third kappa shape index (κ3) is 3.60. The van der Waals surface area contributed by atoms with Crippen molar-refractivity contribution in [2.45, 2.75) is 45.1 Å². The molecule has 0 bridgehead atoms. The second-order valence-electron chi connectivity index (χ2n) is 5.03. The first-order chi connectivity index (χ1) is 9.08. The lowest BCUT2D eigenvalue weighted by molar-refractivity contribution is 0.0920. The largest absolute Gasteiger partial charge is 0.378 e. The second-order valence-corrected chi connectivity index (χ2v) is 5.03. The van der Waals surface area contributed by atoms with Crippen LogP contribution in [0.2, 0.25) is 0 Å². The topological polar surface area (TPSA) is 26.3 Å². The van der Waals surface area contributed by atoms with Gasteiger partial charge in [0.05, 0.1) is 11.7 Å². The third-order valence-corrected chi connectivity index (χ3v) is 3.50. The van der Waals surface area contributed by atoms with Crippen LogP contribution in [0.15, 0.2) is 12.1 Å². The maximum Gasteiger partial charge on any atom is 0.165 e. The Bertz CT molecular complexity index is 465. The van der Waals surface area contributed by atoms with E-state index in [1.54, 1.807) is 0 Å². The van der Waals surface area contributed by atoms with Gasteiger partial charge >= 0.3 is 0 Å². The summed E-state index contributed by atoms with van der Waals surface area (Å²) in [6.45, 7) is 2.32. The van der Waals surface area contributed by atoms with Gasteiger partial charge in [0.1, 0.15) is 11.6 Å². The normalized spacial score (nSPS) is 18.8. The molecule has 1 aromatic carbocycles. The van der Waals surface area contributed by atoms with Crippen LogP contribution in [0.25, 0.3) is 0 Å². The van der Waals surface area contributed by atoms with Crippen molar-refractivity contribution in [3.8, 4) is 0 Å². The zero-order chi connectivity index (χ0) is 13.8. The highest BCUT2D eigenvalue weighted by molar-refractivity contribution is 5.96. The molecule has 1 saturated heterocycles. The van der Waals surface area contributed by atoms with Crippen molar-refractivity contribution in [3.05, 3.63) is 34.9 Å². The molecule has 19 heavy (non-hydrogen) atoms. The molecule has 1 aromatic rings. The molecule has 0 aromatic heterocycles. The minimum Gasteiger partial charge on any atom is -0.378 e. The number of carbonyl (C=O) groups is 1. The Balaban J connectivity index is 1.90. The van der Waals surface area contributed by atoms with Gasteiger partial charge in [-0.05, 0) is 44.2 Å². The van der Waals surface area contributed by atoms with E-state index in [1.165, 1.54) is 13.0 Å². The maximum absolute atomic E-state index is 13.5. The van der Waals surface area contributed by atoms with Gasteiger partial charge in [-0.3, -0.25) is 4.79 Å². The van der Waals surface area contributed by atoms with E-state index in [9.17, 15) is 13.6 Å². The van der Waals surface area contributed by atoms with E-state index < -0.39 is 11.6 Å². The number of Topliss-reactive ketones (excluding diaryl/α,β-unsaturated/α-hetero) is 1. The Morgan fingerprint density at radius 3 is 2.84 bits per heavy atom. The SMILES string of the molecule is Cc1cc(C(=O)CCCC2CCCO2)c(F)cc1F. The highest BCUT2D eigenvalue weighted by atomic mass is 19.1. The van der Waals surface area contributed by atoms with Crippen LogP contribution >= 0.6 is 0 Å². The van der Waals surface area contributed by atoms with E-state index >= 15 is 0 Å². The number of ketones is 1. The highest BCUT2D eigenvalue weighted by Gasteiger charge is 2.17. The third-order valence-electron chi connectivity index (χ3n) is 3.50. The number of ether oxygens (including phenoxy) is 1. The van der Waals surface area contributed by atoms with Crippen LogP contribution < -0.4 is 0 Å². The lowest BCUT2D eigenvalue weighted by Gasteiger charge is -2.09. The van der Waals surface area contributed by atoms with Gasteiger partial charge < -0.3 is 4.74 Å². The van der Waals surface area contributed by atoms with Gasteiger partial charge in [0.15, 0.2) is 5.78 Å². The quantitative estimate of drug-likeness (QED) is 0.759. The Labute approximate surface area is 111 Å². The van der Waals surface area contributed by atoms with Crippen molar-refractivity contribution in [2.75, 3.05) is 6.61 Å². The van der Waals surface area contributed by atoms with E-state index in [1.807, 2.05) is 0 Å². The number of hydrogen-bond donors (Lipinski definition) is 0. The van der Waals surface area contributed by atoms with Gasteiger partial charge in [0.2, 0.25) is 0 Å². The molecule has 1 fully saturated rings. The van der Waals surface area contributed by atoms with Gasteiger partial charge in [0, 0.05) is 19.1 Å². The lowest BCUT2D eigenvalue weighted by Crippen LogP contribution is -2.08. The summed E-state index contributed by atoms with van der Waals surface area (Å²) in [7, 11) is 0. The van der Waals surface area contributed by atoms with Gasteiger partial charge in [-0.25, -0.2) is 8.78 Å². The van der Waals surface area contributed by atoms with Gasteiger partial charge in [0.25, 0.3) is 0 Å². The molecular formula is C15H18F2O2. The van der Waals surface area contributed by atoms with Crippen molar-refractivity contribution in [1.29, 1.82) is 0 Å². The molecule has 104 valence electrons. The van der Waals surface area contributed by atoms with Crippen LogP contribution in [0.5, 0.6) is 0 Å². The molecule has 4 heteroatoms. The van der Waals surface area contributed by atoms with E-state index in [4.69, 9.17) is 4.74 Å². The molecule has 1 heterocycles. The van der Waals surface area contributed by atoms with E-state index in [-0.39, 0.29) is 23.9 Å². The molecule has 0 saturated carbocycles. The highest BCUT2D eigenvalue weighted by Crippen LogP contribution is 2.20. The van der Waals surface area contributed by atoms with Crippen LogP contribution in [-0.2, 0) is 4.74 Å². The number of hydrogen-bond acceptors (Lipinski definition) is 2. The minimum absolute atomic E-state index is 0.00811. The molecule has 1 atom stereocenters. The first kappa shape index (κ1) is 14.1. The molecule has 0 N–H and O–H groups in total. The summed E-state index contributed by atoms with van der Waals surface area (Å²) >= 11 is 0. The number of rotatable bonds is 5. The van der Waals surface area contributed by atoms with Crippen molar-refractivity contribution in [3.63, 3.8) is 0 Å². The first-order valence-corrected chi connectivity index (χ1v) is 6.68. The van der Waals surface area contributed by atoms with Crippen molar-refractivity contribution < 1.29 is 18.3 Å². The molecule has 1 unspecified atom stereocenters. The van der Waals surface area contributed by atoms with Crippen molar-refractivity contribution >= 4 is 5.78 Å². The summed E-state index contributed by atoms with van der Waals surface area (Å²) < 4.78 is 32.1. The van der Waals surface area contributed by atoms with Crippen molar-refractivity contribution in [2.24, 2.45) is 0 Å². The summed E-state index contributed by atoms with van der Waals surface area (Å²) in [5.41, 5.74) is 0.287. The fraction of sp³-hybridized carbons (Fsp3) is 0.533. The molecule has 2 rings (SSSR count). The molecule has 0 amide bonds. The van der Waals surface area contributed by atoms with E-state index in [0.717, 1.165) is 31.9 Å². The van der Waals surface area contributed by atoms with Crippen LogP contribution in [-0.4, -0.2) is 18.5 Å². The summed E-state index contributed by atoms with van der Waals surface area (Å²) in [5, 5.41) is 0. The average Bonchev–Trinajstić information content (AvgIpc) is 2.86. The van der Waals surface area contributed by atoms with Crippen molar-refractivity contribution in [1.82, 2.24) is 0 Å². The Morgan fingerprint density at radius 1 is 1.37 bits per heavy atom. The Morgan fingerprint density at radius 2 is 2.16 bits per heavy atom. The number of aryl methyl sites for hydroxylation is 1. The lowest BCUT2D eigenvalue weighted by atomic mass is 10.0. The fourth-order valence-corrected chi connectivity index (χ4v) is 2.37. The molecule has 0 aliphatic carbocycles. The molecule has 2 nitrogen and oxygen atoms in total. The van der Waals surface area contributed by atoms with Crippen LogP contribution in [0.1, 0.15) is 48.0 Å². The molecule has 0 radical (unpaired) electrons. The predicted molar refractivity (Wildman–Crippen MR) is 68.3 cm³/mol. The molecule has 1 aliphatic rings. The number of benzene rings is 1. The fourth-order valence-electron chi connectivity index (χ4n) is 2.37. The van der Waals surface area contributed by atoms with Crippen LogP contribution in [0, 0.1) is 18.6 Å². The number of carbonyl (C=O) groups excluding carboxylic acids is 1. The summed E-state index contributed by atoms with van der Waals surface area (Å²) in [6, 6.07) is 2.07. The Hall–Kier alpha value is -1.29. The first-order valence-electron chi connectivity index (χ1n) is 6.68. The second kappa shape index (κ2) is 6.24. The average molecular weight is 268 g/mol.